The van der Waals surface area contributed by atoms with Crippen molar-refractivity contribution in [3.63, 3.8) is 0 Å². The van der Waals surface area contributed by atoms with Gasteiger partial charge in [-0.1, -0.05) is 48.0 Å². The molecule has 0 aromatic heterocycles. The standard InChI is InChI=1S/C29H21ClF6N2O4/c1-42-26(41)23-21-22(25(40)38(24(21)39)14-15-2-12-20(30)13-3-15)27(37-23,16-4-8-18(9-5-16)28(31,32)33)17-6-10-19(11-7-17)29(34,35)36/h2-13,21-23,37H,14H2,1H3/t21-,22+,23-/m1/s1. The number of amides is 2. The second-order valence-corrected chi connectivity index (χ2v) is 10.4. The number of methoxy groups -OCH3 is 1. The fourth-order valence-corrected chi connectivity index (χ4v) is 5.89. The monoisotopic (exact) mass is 610 g/mol. The van der Waals surface area contributed by atoms with Crippen LogP contribution in [0.2, 0.25) is 5.02 Å². The molecule has 220 valence electrons. The minimum Gasteiger partial charge on any atom is -0.468 e. The third kappa shape index (κ3) is 4.92. The third-order valence-corrected chi connectivity index (χ3v) is 7.95. The van der Waals surface area contributed by atoms with Crippen molar-refractivity contribution in [3.05, 3.63) is 106 Å². The highest BCUT2D eigenvalue weighted by molar-refractivity contribution is 6.30. The molecule has 0 aliphatic carbocycles. The van der Waals surface area contributed by atoms with Crippen molar-refractivity contribution in [1.29, 1.82) is 0 Å². The number of carbonyl (C=O) groups excluding carboxylic acids is 3. The van der Waals surface area contributed by atoms with E-state index in [2.05, 4.69) is 5.32 Å². The first-order valence-electron chi connectivity index (χ1n) is 12.5. The van der Waals surface area contributed by atoms with Gasteiger partial charge in [-0.25, -0.2) is 0 Å². The summed E-state index contributed by atoms with van der Waals surface area (Å²) in [6.07, 6.45) is -9.40. The number of hydrogen-bond donors (Lipinski definition) is 1. The number of fused-ring (bicyclic) bond motifs is 1. The zero-order valence-electron chi connectivity index (χ0n) is 21.6. The maximum Gasteiger partial charge on any atom is 0.416 e. The molecule has 42 heavy (non-hydrogen) atoms. The lowest BCUT2D eigenvalue weighted by molar-refractivity contribution is -0.148. The fraction of sp³-hybridized carbons (Fsp3) is 0.276. The third-order valence-electron chi connectivity index (χ3n) is 7.70. The summed E-state index contributed by atoms with van der Waals surface area (Å²) in [6.45, 7) is -0.203. The first-order chi connectivity index (χ1) is 19.7. The molecule has 0 spiro atoms. The Labute approximate surface area is 240 Å². The van der Waals surface area contributed by atoms with Crippen molar-refractivity contribution in [2.24, 2.45) is 11.8 Å². The van der Waals surface area contributed by atoms with Crippen LogP contribution in [0, 0.1) is 11.8 Å². The average Bonchev–Trinajstić information content (AvgIpc) is 3.43. The molecule has 0 radical (unpaired) electrons. The Morgan fingerprint density at radius 2 is 1.31 bits per heavy atom. The molecule has 1 N–H and O–H groups in total. The highest BCUT2D eigenvalue weighted by Gasteiger charge is 2.68. The molecule has 2 heterocycles. The summed E-state index contributed by atoms with van der Waals surface area (Å²) >= 11 is 5.94. The van der Waals surface area contributed by atoms with Gasteiger partial charge >= 0.3 is 18.3 Å². The molecule has 3 aromatic carbocycles. The van der Waals surface area contributed by atoms with Gasteiger partial charge in [0.05, 0.1) is 42.2 Å². The maximum atomic E-state index is 14.1. The lowest BCUT2D eigenvalue weighted by Gasteiger charge is -2.36. The quantitative estimate of drug-likeness (QED) is 0.232. The van der Waals surface area contributed by atoms with Gasteiger partial charge in [-0.3, -0.25) is 24.6 Å². The molecule has 2 aliphatic heterocycles. The Bertz CT molecular complexity index is 1460. The second kappa shape index (κ2) is 10.4. The van der Waals surface area contributed by atoms with E-state index in [1.807, 2.05) is 0 Å². The Morgan fingerprint density at radius 3 is 1.74 bits per heavy atom. The van der Waals surface area contributed by atoms with Crippen molar-refractivity contribution in [2.45, 2.75) is 30.5 Å². The summed E-state index contributed by atoms with van der Waals surface area (Å²) in [7, 11) is 1.06. The molecular formula is C29H21ClF6N2O4. The zero-order chi connectivity index (χ0) is 30.6. The molecular weight excluding hydrogens is 590 g/mol. The second-order valence-electron chi connectivity index (χ2n) is 10.00. The fourth-order valence-electron chi connectivity index (χ4n) is 5.76. The summed E-state index contributed by atoms with van der Waals surface area (Å²) in [5, 5.41) is 3.35. The van der Waals surface area contributed by atoms with E-state index in [1.165, 1.54) is 0 Å². The Hall–Kier alpha value is -3.90. The molecule has 2 fully saturated rings. The molecule has 5 rings (SSSR count). The molecule has 2 aliphatic rings. The molecule has 2 saturated heterocycles. The summed E-state index contributed by atoms with van der Waals surface area (Å²) in [6, 6.07) is 12.2. The van der Waals surface area contributed by atoms with Gasteiger partial charge in [-0.05, 0) is 53.1 Å². The number of benzene rings is 3. The first-order valence-corrected chi connectivity index (χ1v) is 12.9. The SMILES string of the molecule is COC(=O)[C@@H]1NC(c2ccc(C(F)(F)F)cc2)(c2ccc(C(F)(F)F)cc2)[C@@H]2C(=O)N(Cc3ccc(Cl)cc3)C(=O)[C@H]21. The lowest BCUT2D eigenvalue weighted by Crippen LogP contribution is -2.51. The Morgan fingerprint density at radius 1 is 0.833 bits per heavy atom. The Balaban J connectivity index is 1.70. The summed E-state index contributed by atoms with van der Waals surface area (Å²) in [5.74, 6) is -5.24. The van der Waals surface area contributed by atoms with Gasteiger partial charge in [0.2, 0.25) is 11.8 Å². The van der Waals surface area contributed by atoms with Crippen LogP contribution < -0.4 is 5.32 Å². The maximum absolute atomic E-state index is 14.1. The van der Waals surface area contributed by atoms with Crippen LogP contribution in [-0.4, -0.2) is 35.8 Å². The predicted octanol–water partition coefficient (Wildman–Crippen LogP) is 5.57. The van der Waals surface area contributed by atoms with E-state index in [0.717, 1.165) is 60.5 Å². The number of ether oxygens (including phenoxy) is 1. The minimum absolute atomic E-state index is 0.0335. The summed E-state index contributed by atoms with van der Waals surface area (Å²) in [5.41, 5.74) is -3.30. The number of carbonyl (C=O) groups is 3. The van der Waals surface area contributed by atoms with Gasteiger partial charge < -0.3 is 4.74 Å². The molecule has 3 aromatic rings. The average molecular weight is 611 g/mol. The van der Waals surface area contributed by atoms with Crippen molar-refractivity contribution in [3.8, 4) is 0 Å². The van der Waals surface area contributed by atoms with Gasteiger partial charge in [0.1, 0.15) is 6.04 Å². The topological polar surface area (TPSA) is 75.7 Å². The number of nitrogens with one attached hydrogen (secondary N) is 1. The van der Waals surface area contributed by atoms with Gasteiger partial charge in [0.15, 0.2) is 0 Å². The van der Waals surface area contributed by atoms with Crippen LogP contribution in [0.15, 0.2) is 72.8 Å². The Kier molecular flexibility index (Phi) is 7.34. The van der Waals surface area contributed by atoms with Crippen LogP contribution in [0.25, 0.3) is 0 Å². The van der Waals surface area contributed by atoms with Crippen molar-refractivity contribution in [2.75, 3.05) is 7.11 Å². The molecule has 6 nitrogen and oxygen atoms in total. The van der Waals surface area contributed by atoms with E-state index in [-0.39, 0.29) is 17.7 Å². The number of esters is 1. The van der Waals surface area contributed by atoms with E-state index < -0.39 is 64.7 Å². The number of likely N-dealkylation sites (tertiary alicyclic amines) is 1. The van der Waals surface area contributed by atoms with Crippen LogP contribution in [-0.2, 0) is 43.6 Å². The molecule has 13 heteroatoms. The van der Waals surface area contributed by atoms with Crippen LogP contribution in [0.5, 0.6) is 0 Å². The van der Waals surface area contributed by atoms with Crippen LogP contribution in [0.3, 0.4) is 0 Å². The smallest absolute Gasteiger partial charge is 0.416 e. The molecule has 0 bridgehead atoms. The number of hydrogen-bond acceptors (Lipinski definition) is 5. The zero-order valence-corrected chi connectivity index (χ0v) is 22.3. The van der Waals surface area contributed by atoms with E-state index in [0.29, 0.717) is 10.6 Å². The molecule has 0 unspecified atom stereocenters. The number of alkyl halides is 6. The van der Waals surface area contributed by atoms with Crippen LogP contribution in [0.1, 0.15) is 27.8 Å². The number of nitrogens with zero attached hydrogens (tertiary/aromatic N) is 1. The predicted molar refractivity (Wildman–Crippen MR) is 137 cm³/mol. The molecule has 2 amide bonds. The van der Waals surface area contributed by atoms with E-state index in [1.54, 1.807) is 24.3 Å². The minimum atomic E-state index is -4.70. The number of halogens is 7. The first kappa shape index (κ1) is 29.6. The van der Waals surface area contributed by atoms with E-state index in [9.17, 15) is 40.7 Å². The normalized spacial score (nSPS) is 21.9. The number of imide groups is 1. The van der Waals surface area contributed by atoms with Crippen molar-refractivity contribution < 1.29 is 45.5 Å². The van der Waals surface area contributed by atoms with Crippen LogP contribution >= 0.6 is 11.6 Å². The highest BCUT2D eigenvalue weighted by atomic mass is 35.5. The lowest BCUT2D eigenvalue weighted by atomic mass is 9.71. The van der Waals surface area contributed by atoms with E-state index in [4.69, 9.17) is 16.3 Å². The molecule has 3 atom stereocenters. The van der Waals surface area contributed by atoms with Crippen LogP contribution in [0.4, 0.5) is 26.3 Å². The van der Waals surface area contributed by atoms with Gasteiger partial charge in [-0.2, -0.15) is 26.3 Å². The van der Waals surface area contributed by atoms with Gasteiger partial charge in [0, 0.05) is 5.02 Å². The largest absolute Gasteiger partial charge is 0.468 e. The highest BCUT2D eigenvalue weighted by Crippen LogP contribution is 2.52. The molecule has 0 saturated carbocycles. The van der Waals surface area contributed by atoms with E-state index >= 15 is 0 Å². The van der Waals surface area contributed by atoms with Crippen molar-refractivity contribution >= 4 is 29.4 Å². The van der Waals surface area contributed by atoms with Gasteiger partial charge in [0.25, 0.3) is 0 Å². The number of rotatable bonds is 5. The van der Waals surface area contributed by atoms with Gasteiger partial charge in [-0.15, -0.1) is 0 Å². The summed E-state index contributed by atoms with van der Waals surface area (Å²) < 4.78 is 85.3. The summed E-state index contributed by atoms with van der Waals surface area (Å²) in [4.78, 5) is 41.7. The van der Waals surface area contributed by atoms with Crippen molar-refractivity contribution in [1.82, 2.24) is 10.2 Å².